The van der Waals surface area contributed by atoms with Gasteiger partial charge in [0.25, 0.3) is 0 Å². The van der Waals surface area contributed by atoms with Crippen molar-refractivity contribution in [1.29, 1.82) is 0 Å². The average molecular weight is 372 g/mol. The quantitative estimate of drug-likeness (QED) is 0.645. The number of hydrogen-bond donors (Lipinski definition) is 1. The van der Waals surface area contributed by atoms with E-state index in [1.165, 1.54) is 0 Å². The molecule has 1 aromatic carbocycles. The lowest BCUT2D eigenvalue weighted by molar-refractivity contribution is -0.121. The lowest BCUT2D eigenvalue weighted by atomic mass is 10.0. The number of nitrogens with one attached hydrogen (secondary N) is 1. The Morgan fingerprint density at radius 2 is 2.19 bits per heavy atom. The maximum absolute atomic E-state index is 12.3. The molecule has 0 radical (unpaired) electrons. The van der Waals surface area contributed by atoms with E-state index in [1.807, 2.05) is 24.4 Å². The van der Waals surface area contributed by atoms with Gasteiger partial charge < -0.3 is 14.5 Å². The monoisotopic (exact) mass is 372 g/mol. The molecule has 6 nitrogen and oxygen atoms in total. The summed E-state index contributed by atoms with van der Waals surface area (Å²) in [4.78, 5) is 28.5. The summed E-state index contributed by atoms with van der Waals surface area (Å²) in [6.07, 6.45) is 3.05. The summed E-state index contributed by atoms with van der Waals surface area (Å²) in [5.74, 6) is 0.544. The van der Waals surface area contributed by atoms with E-state index in [-0.39, 0.29) is 12.3 Å². The van der Waals surface area contributed by atoms with Crippen LogP contribution >= 0.6 is 11.3 Å². The number of amides is 1. The number of carbonyl (C=O) groups excluding carboxylic acids is 1. The molecule has 0 aliphatic carbocycles. The highest BCUT2D eigenvalue weighted by molar-refractivity contribution is 7.09. The van der Waals surface area contributed by atoms with Crippen molar-refractivity contribution < 1.29 is 13.9 Å². The second-order valence-corrected chi connectivity index (χ2v) is 6.86. The van der Waals surface area contributed by atoms with E-state index in [2.05, 4.69) is 10.3 Å². The first-order chi connectivity index (χ1) is 12.6. The number of nitrogens with zero attached hydrogens (tertiary/aromatic N) is 1. The Hall–Kier alpha value is -2.67. The zero-order valence-electron chi connectivity index (χ0n) is 14.7. The maximum atomic E-state index is 12.3. The van der Waals surface area contributed by atoms with Crippen molar-refractivity contribution in [2.75, 3.05) is 13.7 Å². The van der Waals surface area contributed by atoms with Crippen LogP contribution in [0.15, 0.2) is 39.0 Å². The lowest BCUT2D eigenvalue weighted by Crippen LogP contribution is -2.26. The molecule has 0 unspecified atom stereocenters. The molecule has 7 heteroatoms. The molecule has 1 N–H and O–H groups in total. The van der Waals surface area contributed by atoms with Crippen LogP contribution in [0.25, 0.3) is 11.0 Å². The lowest BCUT2D eigenvalue weighted by Gasteiger charge is -2.09. The smallest absolute Gasteiger partial charge is 0.339 e. The van der Waals surface area contributed by atoms with Gasteiger partial charge in [-0.3, -0.25) is 4.79 Å². The van der Waals surface area contributed by atoms with E-state index in [9.17, 15) is 9.59 Å². The summed E-state index contributed by atoms with van der Waals surface area (Å²) >= 11 is 1.57. The predicted molar refractivity (Wildman–Crippen MR) is 101 cm³/mol. The fourth-order valence-electron chi connectivity index (χ4n) is 2.80. The number of hydrogen-bond acceptors (Lipinski definition) is 6. The first kappa shape index (κ1) is 18.1. The van der Waals surface area contributed by atoms with Crippen LogP contribution in [0.5, 0.6) is 5.75 Å². The number of aryl methyl sites for hydroxylation is 1. The third-order valence-electron chi connectivity index (χ3n) is 4.24. The molecule has 136 valence electrons. The van der Waals surface area contributed by atoms with Crippen LogP contribution in [0.3, 0.4) is 0 Å². The van der Waals surface area contributed by atoms with Crippen LogP contribution in [0.4, 0.5) is 0 Å². The zero-order chi connectivity index (χ0) is 18.5. The number of fused-ring (bicyclic) bond motifs is 1. The molecule has 0 spiro atoms. The van der Waals surface area contributed by atoms with Gasteiger partial charge in [-0.15, -0.1) is 11.3 Å². The van der Waals surface area contributed by atoms with Gasteiger partial charge in [0.1, 0.15) is 11.3 Å². The standard InChI is InChI=1S/C19H20N2O4S/c1-12-14-4-3-13(24-2)11-16(14)25-19(23)15(12)5-6-17(22)20-8-7-18-21-9-10-26-18/h3-4,9-11H,5-8H2,1-2H3,(H,20,22). The van der Waals surface area contributed by atoms with E-state index in [4.69, 9.17) is 9.15 Å². The van der Waals surface area contributed by atoms with E-state index >= 15 is 0 Å². The van der Waals surface area contributed by atoms with Crippen molar-refractivity contribution in [1.82, 2.24) is 10.3 Å². The van der Waals surface area contributed by atoms with Crippen LogP contribution in [-0.2, 0) is 17.6 Å². The minimum absolute atomic E-state index is 0.0878. The van der Waals surface area contributed by atoms with Gasteiger partial charge in [0.05, 0.1) is 12.1 Å². The molecule has 3 aromatic rings. The number of aromatic nitrogens is 1. The molecule has 0 saturated carbocycles. The van der Waals surface area contributed by atoms with Gasteiger partial charge in [-0.2, -0.15) is 0 Å². The summed E-state index contributed by atoms with van der Waals surface area (Å²) < 4.78 is 10.6. The molecular formula is C19H20N2O4S. The first-order valence-corrected chi connectivity index (χ1v) is 9.22. The largest absolute Gasteiger partial charge is 0.497 e. The number of thiazole rings is 1. The number of rotatable bonds is 7. The molecular weight excluding hydrogens is 352 g/mol. The van der Waals surface area contributed by atoms with Crippen molar-refractivity contribution in [2.45, 2.75) is 26.2 Å². The van der Waals surface area contributed by atoms with Gasteiger partial charge >= 0.3 is 5.63 Å². The summed E-state index contributed by atoms with van der Waals surface area (Å²) in [5, 5.41) is 6.62. The highest BCUT2D eigenvalue weighted by Gasteiger charge is 2.13. The number of ether oxygens (including phenoxy) is 1. The van der Waals surface area contributed by atoms with Crippen LogP contribution in [0, 0.1) is 6.92 Å². The van der Waals surface area contributed by atoms with Crippen LogP contribution in [0.2, 0.25) is 0 Å². The molecule has 0 saturated heterocycles. The summed E-state index contributed by atoms with van der Waals surface area (Å²) in [7, 11) is 1.56. The Morgan fingerprint density at radius 1 is 1.35 bits per heavy atom. The minimum atomic E-state index is -0.404. The Kier molecular flexibility index (Phi) is 5.68. The molecule has 0 fully saturated rings. The van der Waals surface area contributed by atoms with Crippen LogP contribution < -0.4 is 15.7 Å². The number of carbonyl (C=O) groups is 1. The third-order valence-corrected chi connectivity index (χ3v) is 5.08. The normalized spacial score (nSPS) is 10.8. The SMILES string of the molecule is COc1ccc2c(C)c(CCC(=O)NCCc3nccs3)c(=O)oc2c1. The van der Waals surface area contributed by atoms with Crippen molar-refractivity contribution in [3.8, 4) is 5.75 Å². The van der Waals surface area contributed by atoms with E-state index in [0.717, 1.165) is 16.0 Å². The molecule has 0 aliphatic heterocycles. The summed E-state index contributed by atoms with van der Waals surface area (Å²) in [6, 6.07) is 5.38. The van der Waals surface area contributed by atoms with Crippen molar-refractivity contribution in [3.63, 3.8) is 0 Å². The second kappa shape index (κ2) is 8.14. The van der Waals surface area contributed by atoms with Crippen LogP contribution in [-0.4, -0.2) is 24.5 Å². The molecule has 0 atom stereocenters. The fourth-order valence-corrected chi connectivity index (χ4v) is 3.42. The van der Waals surface area contributed by atoms with Crippen LogP contribution in [0.1, 0.15) is 22.6 Å². The minimum Gasteiger partial charge on any atom is -0.497 e. The molecule has 0 bridgehead atoms. The zero-order valence-corrected chi connectivity index (χ0v) is 15.5. The van der Waals surface area contributed by atoms with Gasteiger partial charge in [-0.05, 0) is 31.0 Å². The van der Waals surface area contributed by atoms with E-state index < -0.39 is 5.63 Å². The van der Waals surface area contributed by atoms with E-state index in [1.54, 1.807) is 30.7 Å². The molecule has 3 rings (SSSR count). The van der Waals surface area contributed by atoms with Gasteiger partial charge in [0.15, 0.2) is 0 Å². The van der Waals surface area contributed by atoms with Crippen molar-refractivity contribution in [2.24, 2.45) is 0 Å². The first-order valence-electron chi connectivity index (χ1n) is 8.34. The molecule has 0 aliphatic rings. The number of benzene rings is 1. The van der Waals surface area contributed by atoms with E-state index in [0.29, 0.717) is 36.3 Å². The summed E-state index contributed by atoms with van der Waals surface area (Å²) in [5.41, 5.74) is 1.47. The van der Waals surface area contributed by atoms with Gasteiger partial charge in [-0.1, -0.05) is 0 Å². The Balaban J connectivity index is 1.64. The average Bonchev–Trinajstić information content (AvgIpc) is 3.14. The van der Waals surface area contributed by atoms with Crippen molar-refractivity contribution in [3.05, 3.63) is 56.3 Å². The Morgan fingerprint density at radius 3 is 2.92 bits per heavy atom. The second-order valence-electron chi connectivity index (χ2n) is 5.88. The maximum Gasteiger partial charge on any atom is 0.339 e. The topological polar surface area (TPSA) is 81.4 Å². The fraction of sp³-hybridized carbons (Fsp3) is 0.316. The molecule has 1 amide bonds. The van der Waals surface area contributed by atoms with Gasteiger partial charge in [0, 0.05) is 48.0 Å². The number of methoxy groups -OCH3 is 1. The Bertz CT molecular complexity index is 964. The highest BCUT2D eigenvalue weighted by atomic mass is 32.1. The highest BCUT2D eigenvalue weighted by Crippen LogP contribution is 2.24. The van der Waals surface area contributed by atoms with Crippen molar-refractivity contribution >= 4 is 28.2 Å². The Labute approximate surface area is 154 Å². The molecule has 26 heavy (non-hydrogen) atoms. The van der Waals surface area contributed by atoms with Gasteiger partial charge in [-0.25, -0.2) is 9.78 Å². The predicted octanol–water partition coefficient (Wildman–Crippen LogP) is 2.86. The van der Waals surface area contributed by atoms with Gasteiger partial charge in [0.2, 0.25) is 5.91 Å². The molecule has 2 aromatic heterocycles. The summed E-state index contributed by atoms with van der Waals surface area (Å²) in [6.45, 7) is 2.42. The third kappa shape index (κ3) is 4.11. The molecule has 2 heterocycles.